The molecule has 21 heavy (non-hydrogen) atoms. The molecule has 4 rings (SSSR count). The quantitative estimate of drug-likeness (QED) is 0.738. The lowest BCUT2D eigenvalue weighted by Gasteiger charge is -2.06. The maximum absolute atomic E-state index is 5.27. The number of hydrogen-bond donors (Lipinski definition) is 0. The summed E-state index contributed by atoms with van der Waals surface area (Å²) in [5.74, 6) is 2.68. The zero-order chi connectivity index (χ0) is 14.6. The summed E-state index contributed by atoms with van der Waals surface area (Å²) in [6.07, 6.45) is 4.52. The van der Waals surface area contributed by atoms with Gasteiger partial charge in [0, 0.05) is 23.9 Å². The molecule has 3 aromatic heterocycles. The first-order valence-corrected chi connectivity index (χ1v) is 7.39. The fourth-order valence-corrected chi connectivity index (χ4v) is 2.94. The van der Waals surface area contributed by atoms with Gasteiger partial charge in [-0.2, -0.15) is 0 Å². The van der Waals surface area contributed by atoms with E-state index in [2.05, 4.69) is 32.7 Å². The molecule has 5 nitrogen and oxygen atoms in total. The van der Waals surface area contributed by atoms with Crippen molar-refractivity contribution < 1.29 is 4.52 Å². The van der Waals surface area contributed by atoms with Crippen molar-refractivity contribution in [1.29, 1.82) is 0 Å². The van der Waals surface area contributed by atoms with E-state index in [0.29, 0.717) is 0 Å². The van der Waals surface area contributed by atoms with E-state index in [1.54, 1.807) is 0 Å². The van der Waals surface area contributed by atoms with E-state index in [9.17, 15) is 0 Å². The summed E-state index contributed by atoms with van der Waals surface area (Å²) in [5.41, 5.74) is 4.93. The first-order chi connectivity index (χ1) is 10.1. The smallest absolute Gasteiger partial charge is 0.177 e. The zero-order valence-corrected chi connectivity index (χ0v) is 12.6. The van der Waals surface area contributed by atoms with Crippen LogP contribution in [0, 0.1) is 26.7 Å². The Morgan fingerprint density at radius 3 is 2.76 bits per heavy atom. The van der Waals surface area contributed by atoms with Crippen LogP contribution in [0.3, 0.4) is 0 Å². The van der Waals surface area contributed by atoms with Gasteiger partial charge in [-0.25, -0.2) is 9.97 Å². The Morgan fingerprint density at radius 2 is 2.10 bits per heavy atom. The molecule has 1 fully saturated rings. The lowest BCUT2D eigenvalue weighted by Crippen LogP contribution is -2.02. The molecule has 0 bridgehead atoms. The maximum Gasteiger partial charge on any atom is 0.177 e. The first-order valence-electron chi connectivity index (χ1n) is 7.39. The molecule has 0 radical (unpaired) electrons. The predicted molar refractivity (Wildman–Crippen MR) is 80.0 cm³/mol. The normalized spacial score (nSPS) is 15.0. The molecule has 0 unspecified atom stereocenters. The van der Waals surface area contributed by atoms with Crippen LogP contribution in [0.4, 0.5) is 0 Å². The molecule has 1 aliphatic carbocycles. The molecule has 0 atom stereocenters. The van der Waals surface area contributed by atoms with Crippen LogP contribution in [0.2, 0.25) is 0 Å². The van der Waals surface area contributed by atoms with Gasteiger partial charge in [0.2, 0.25) is 0 Å². The Morgan fingerprint density at radius 1 is 1.29 bits per heavy atom. The minimum Gasteiger partial charge on any atom is -0.361 e. The Balaban J connectivity index is 1.88. The monoisotopic (exact) mass is 282 g/mol. The average molecular weight is 282 g/mol. The van der Waals surface area contributed by atoms with Gasteiger partial charge in [0.1, 0.15) is 11.6 Å². The van der Waals surface area contributed by atoms with Crippen molar-refractivity contribution in [3.8, 4) is 11.1 Å². The summed E-state index contributed by atoms with van der Waals surface area (Å²) in [7, 11) is 0. The highest BCUT2D eigenvalue weighted by molar-refractivity contribution is 5.80. The van der Waals surface area contributed by atoms with Crippen molar-refractivity contribution in [2.75, 3.05) is 0 Å². The second kappa shape index (κ2) is 4.41. The number of rotatable bonds is 3. The molecular weight excluding hydrogens is 264 g/mol. The lowest BCUT2D eigenvalue weighted by molar-refractivity contribution is 0.393. The predicted octanol–water partition coefficient (Wildman–Crippen LogP) is 3.42. The van der Waals surface area contributed by atoms with Crippen LogP contribution in [0.5, 0.6) is 0 Å². The van der Waals surface area contributed by atoms with Crippen molar-refractivity contribution >= 4 is 11.2 Å². The fourth-order valence-electron chi connectivity index (χ4n) is 2.94. The zero-order valence-electron chi connectivity index (χ0n) is 12.6. The topological polar surface area (TPSA) is 56.7 Å². The van der Waals surface area contributed by atoms with Gasteiger partial charge >= 0.3 is 0 Å². The number of nitrogens with zero attached hydrogens (tertiary/aromatic N) is 4. The molecule has 0 amide bonds. The van der Waals surface area contributed by atoms with Crippen molar-refractivity contribution in [2.45, 2.75) is 40.2 Å². The van der Waals surface area contributed by atoms with Crippen LogP contribution in [-0.2, 0) is 6.54 Å². The van der Waals surface area contributed by atoms with Crippen LogP contribution in [0.1, 0.15) is 30.1 Å². The molecule has 3 heterocycles. The van der Waals surface area contributed by atoms with Crippen LogP contribution in [0.25, 0.3) is 22.3 Å². The summed E-state index contributed by atoms with van der Waals surface area (Å²) >= 11 is 0. The second-order valence-corrected chi connectivity index (χ2v) is 5.98. The number of aryl methyl sites for hydroxylation is 3. The summed E-state index contributed by atoms with van der Waals surface area (Å²) in [4.78, 5) is 9.10. The van der Waals surface area contributed by atoms with Crippen molar-refractivity contribution in [3.63, 3.8) is 0 Å². The summed E-state index contributed by atoms with van der Waals surface area (Å²) in [5, 5.41) is 4.03. The number of imidazole rings is 1. The Bertz CT molecular complexity index is 807. The fraction of sp³-hybridized carbons (Fsp3) is 0.438. The summed E-state index contributed by atoms with van der Waals surface area (Å²) < 4.78 is 7.56. The standard InChI is InChI=1S/C16H18N4O/c1-9-15(10(2)21-19-9)13-6-14-16(17-7-13)18-11(3)20(14)8-12-4-5-12/h6-7,12H,4-5,8H2,1-3H3. The first kappa shape index (κ1) is 12.6. The molecule has 0 N–H and O–H groups in total. The van der Waals surface area contributed by atoms with E-state index >= 15 is 0 Å². The summed E-state index contributed by atoms with van der Waals surface area (Å²) in [6.45, 7) is 7.00. The molecule has 5 heteroatoms. The lowest BCUT2D eigenvalue weighted by atomic mass is 10.1. The van der Waals surface area contributed by atoms with Crippen LogP contribution >= 0.6 is 0 Å². The second-order valence-electron chi connectivity index (χ2n) is 5.98. The van der Waals surface area contributed by atoms with Gasteiger partial charge in [0.15, 0.2) is 5.65 Å². The van der Waals surface area contributed by atoms with Crippen molar-refractivity contribution in [1.82, 2.24) is 19.7 Å². The largest absolute Gasteiger partial charge is 0.361 e. The number of aromatic nitrogens is 4. The van der Waals surface area contributed by atoms with Gasteiger partial charge in [-0.3, -0.25) is 0 Å². The Labute approximate surface area is 123 Å². The molecule has 1 aliphatic rings. The molecule has 3 aromatic rings. The third kappa shape index (κ3) is 2.04. The minimum absolute atomic E-state index is 0.809. The SMILES string of the molecule is Cc1noc(C)c1-c1cnc2nc(C)n(CC3CC3)c2c1. The highest BCUT2D eigenvalue weighted by Gasteiger charge is 2.24. The van der Waals surface area contributed by atoms with Gasteiger partial charge in [-0.05, 0) is 45.6 Å². The highest BCUT2D eigenvalue weighted by Crippen LogP contribution is 2.33. The molecule has 1 saturated carbocycles. The minimum atomic E-state index is 0.809. The maximum atomic E-state index is 5.27. The van der Waals surface area contributed by atoms with Crippen LogP contribution < -0.4 is 0 Å². The Kier molecular flexibility index (Phi) is 2.64. The summed E-state index contributed by atoms with van der Waals surface area (Å²) in [6, 6.07) is 2.16. The van der Waals surface area contributed by atoms with E-state index in [1.165, 1.54) is 12.8 Å². The van der Waals surface area contributed by atoms with Gasteiger partial charge in [-0.15, -0.1) is 0 Å². The van der Waals surface area contributed by atoms with Gasteiger partial charge < -0.3 is 9.09 Å². The highest BCUT2D eigenvalue weighted by atomic mass is 16.5. The van der Waals surface area contributed by atoms with E-state index in [4.69, 9.17) is 4.52 Å². The van der Waals surface area contributed by atoms with Gasteiger partial charge in [-0.1, -0.05) is 5.16 Å². The number of fused-ring (bicyclic) bond motifs is 1. The Hall–Kier alpha value is -2.17. The van der Waals surface area contributed by atoms with Gasteiger partial charge in [0.05, 0.1) is 11.2 Å². The van der Waals surface area contributed by atoms with Crippen LogP contribution in [-0.4, -0.2) is 19.7 Å². The van der Waals surface area contributed by atoms with Crippen LogP contribution in [0.15, 0.2) is 16.8 Å². The third-order valence-electron chi connectivity index (χ3n) is 4.26. The van der Waals surface area contributed by atoms with E-state index in [0.717, 1.165) is 52.0 Å². The molecule has 108 valence electrons. The average Bonchev–Trinajstić information content (AvgIpc) is 3.15. The van der Waals surface area contributed by atoms with E-state index in [-0.39, 0.29) is 0 Å². The molecule has 0 spiro atoms. The third-order valence-corrected chi connectivity index (χ3v) is 4.26. The number of hydrogen-bond acceptors (Lipinski definition) is 4. The van der Waals surface area contributed by atoms with Crippen molar-refractivity contribution in [2.24, 2.45) is 5.92 Å². The van der Waals surface area contributed by atoms with E-state index < -0.39 is 0 Å². The molecular formula is C16H18N4O. The van der Waals surface area contributed by atoms with E-state index in [1.807, 2.05) is 20.0 Å². The van der Waals surface area contributed by atoms with Crippen molar-refractivity contribution in [3.05, 3.63) is 29.5 Å². The number of pyridine rings is 1. The molecule has 0 aliphatic heterocycles. The van der Waals surface area contributed by atoms with Gasteiger partial charge in [0.25, 0.3) is 0 Å². The molecule has 0 aromatic carbocycles. The molecule has 0 saturated heterocycles.